The SMILES string of the molecule is NC(=O)CCC(NC(=O)C(CO)NC(=O)C(N)CS)C(=O)NC(CC(=O)O)C(=O)O. The van der Waals surface area contributed by atoms with Crippen LogP contribution in [0.15, 0.2) is 0 Å². The molecule has 0 aliphatic rings. The highest BCUT2D eigenvalue weighted by molar-refractivity contribution is 7.80. The van der Waals surface area contributed by atoms with Crippen molar-refractivity contribution in [2.45, 2.75) is 43.4 Å². The van der Waals surface area contributed by atoms with Crippen LogP contribution in [-0.2, 0) is 28.8 Å². The first-order valence-electron chi connectivity index (χ1n) is 8.54. The summed E-state index contributed by atoms with van der Waals surface area (Å²) in [6.45, 7) is -0.863. The minimum absolute atomic E-state index is 0.0462. The zero-order valence-corrected chi connectivity index (χ0v) is 16.6. The van der Waals surface area contributed by atoms with E-state index in [0.717, 1.165) is 0 Å². The van der Waals surface area contributed by atoms with Crippen molar-refractivity contribution in [1.82, 2.24) is 16.0 Å². The molecule has 0 aromatic rings. The minimum atomic E-state index is -1.80. The van der Waals surface area contributed by atoms with Crippen molar-refractivity contribution < 1.29 is 44.1 Å². The molecule has 0 aromatic carbocycles. The van der Waals surface area contributed by atoms with Crippen molar-refractivity contribution in [3.05, 3.63) is 0 Å². The zero-order valence-electron chi connectivity index (χ0n) is 15.7. The van der Waals surface area contributed by atoms with Crippen LogP contribution in [0.25, 0.3) is 0 Å². The van der Waals surface area contributed by atoms with Crippen LogP contribution < -0.4 is 27.4 Å². The van der Waals surface area contributed by atoms with Gasteiger partial charge in [0.15, 0.2) is 0 Å². The van der Waals surface area contributed by atoms with E-state index in [2.05, 4.69) is 23.3 Å². The van der Waals surface area contributed by atoms with Crippen LogP contribution >= 0.6 is 12.6 Å². The van der Waals surface area contributed by atoms with Gasteiger partial charge in [-0.3, -0.25) is 24.0 Å². The molecule has 14 nitrogen and oxygen atoms in total. The molecule has 0 spiro atoms. The molecule has 4 amide bonds. The molecule has 10 N–H and O–H groups in total. The number of carbonyl (C=O) groups excluding carboxylic acids is 4. The predicted molar refractivity (Wildman–Crippen MR) is 103 cm³/mol. The number of primary amides is 1. The van der Waals surface area contributed by atoms with E-state index in [0.29, 0.717) is 0 Å². The van der Waals surface area contributed by atoms with Crippen molar-refractivity contribution >= 4 is 48.2 Å². The maximum absolute atomic E-state index is 12.4. The number of hydrogen-bond acceptors (Lipinski definition) is 9. The van der Waals surface area contributed by atoms with E-state index in [1.165, 1.54) is 0 Å². The predicted octanol–water partition coefficient (Wildman–Crippen LogP) is -4.48. The van der Waals surface area contributed by atoms with Crippen LogP contribution in [0.1, 0.15) is 19.3 Å². The second-order valence-electron chi connectivity index (χ2n) is 6.10. The summed E-state index contributed by atoms with van der Waals surface area (Å²) in [4.78, 5) is 69.3. The van der Waals surface area contributed by atoms with Gasteiger partial charge in [-0.25, -0.2) is 4.79 Å². The van der Waals surface area contributed by atoms with Crippen LogP contribution in [-0.4, -0.2) is 87.4 Å². The molecule has 0 rings (SSSR count). The summed E-state index contributed by atoms with van der Waals surface area (Å²) in [6, 6.07) is -5.90. The quantitative estimate of drug-likeness (QED) is 0.114. The second kappa shape index (κ2) is 13.3. The molecule has 0 bridgehead atoms. The van der Waals surface area contributed by atoms with Gasteiger partial charge in [-0.1, -0.05) is 0 Å². The standard InChI is InChI=1S/C15H25N5O9S/c16-6(5-30)12(25)20-9(4-21)14(27)18-7(1-2-10(17)22)13(26)19-8(15(28)29)3-11(23)24/h6-9,21,30H,1-5,16H2,(H2,17,22)(H,18,27)(H,19,26)(H,20,25)(H,23,24)(H,28,29). The van der Waals surface area contributed by atoms with E-state index in [1.807, 2.05) is 5.32 Å². The molecule has 4 unspecified atom stereocenters. The van der Waals surface area contributed by atoms with Gasteiger partial charge < -0.3 is 42.7 Å². The van der Waals surface area contributed by atoms with E-state index in [9.17, 15) is 33.9 Å². The van der Waals surface area contributed by atoms with Gasteiger partial charge in [0.25, 0.3) is 0 Å². The number of aliphatic carboxylic acids is 2. The van der Waals surface area contributed by atoms with E-state index >= 15 is 0 Å². The lowest BCUT2D eigenvalue weighted by molar-refractivity contribution is -0.147. The molecule has 30 heavy (non-hydrogen) atoms. The Kier molecular flexibility index (Phi) is 12.0. The highest BCUT2D eigenvalue weighted by atomic mass is 32.1. The van der Waals surface area contributed by atoms with Gasteiger partial charge in [-0.05, 0) is 6.42 Å². The van der Waals surface area contributed by atoms with Crippen LogP contribution in [0.5, 0.6) is 0 Å². The van der Waals surface area contributed by atoms with E-state index < -0.39 is 72.8 Å². The average molecular weight is 451 g/mol. The molecule has 0 radical (unpaired) electrons. The molecule has 0 fully saturated rings. The van der Waals surface area contributed by atoms with E-state index in [1.54, 1.807) is 0 Å². The molecular weight excluding hydrogens is 426 g/mol. The number of carbonyl (C=O) groups is 6. The van der Waals surface area contributed by atoms with Crippen LogP contribution in [0.4, 0.5) is 0 Å². The topological polar surface area (TPSA) is 251 Å². The lowest BCUT2D eigenvalue weighted by Gasteiger charge is -2.23. The molecule has 0 heterocycles. The molecule has 4 atom stereocenters. The molecule has 0 saturated carbocycles. The highest BCUT2D eigenvalue weighted by Crippen LogP contribution is 2.02. The van der Waals surface area contributed by atoms with Crippen molar-refractivity contribution in [1.29, 1.82) is 0 Å². The van der Waals surface area contributed by atoms with Gasteiger partial charge in [0, 0.05) is 12.2 Å². The molecule has 170 valence electrons. The van der Waals surface area contributed by atoms with Gasteiger partial charge >= 0.3 is 11.9 Å². The third-order valence-corrected chi connectivity index (χ3v) is 4.05. The van der Waals surface area contributed by atoms with Crippen LogP contribution in [0.3, 0.4) is 0 Å². The van der Waals surface area contributed by atoms with Gasteiger partial charge in [-0.15, -0.1) is 0 Å². The first-order valence-corrected chi connectivity index (χ1v) is 9.17. The number of rotatable bonds is 14. The third-order valence-electron chi connectivity index (χ3n) is 3.65. The number of carboxylic acid groups (broad SMARTS) is 2. The number of thiol groups is 1. The summed E-state index contributed by atoms with van der Waals surface area (Å²) in [6.07, 6.45) is -1.67. The number of carboxylic acids is 2. The fraction of sp³-hybridized carbons (Fsp3) is 0.600. The molecule has 0 aliphatic carbocycles. The Morgan fingerprint density at radius 1 is 0.867 bits per heavy atom. The van der Waals surface area contributed by atoms with Crippen molar-refractivity contribution in [3.63, 3.8) is 0 Å². The molecular formula is C15H25N5O9S. The summed E-state index contributed by atoms with van der Waals surface area (Å²) >= 11 is 3.82. The third kappa shape index (κ3) is 10.0. The summed E-state index contributed by atoms with van der Waals surface area (Å²) < 4.78 is 0. The number of nitrogens with two attached hydrogens (primary N) is 2. The maximum Gasteiger partial charge on any atom is 0.326 e. The Morgan fingerprint density at radius 3 is 1.80 bits per heavy atom. The van der Waals surface area contributed by atoms with Crippen molar-refractivity contribution in [2.75, 3.05) is 12.4 Å². The van der Waals surface area contributed by atoms with Crippen molar-refractivity contribution in [3.8, 4) is 0 Å². The smallest absolute Gasteiger partial charge is 0.326 e. The zero-order chi connectivity index (χ0) is 23.4. The minimum Gasteiger partial charge on any atom is -0.481 e. The Morgan fingerprint density at radius 2 is 1.37 bits per heavy atom. The molecule has 0 aliphatic heterocycles. The number of nitrogens with one attached hydrogen (secondary N) is 3. The monoisotopic (exact) mass is 451 g/mol. The fourth-order valence-electron chi connectivity index (χ4n) is 2.03. The van der Waals surface area contributed by atoms with Crippen molar-refractivity contribution in [2.24, 2.45) is 11.5 Å². The lowest BCUT2D eigenvalue weighted by Crippen LogP contribution is -2.58. The number of amides is 4. The summed E-state index contributed by atoms with van der Waals surface area (Å²) in [7, 11) is 0. The number of aliphatic hydroxyl groups is 1. The van der Waals surface area contributed by atoms with E-state index in [-0.39, 0.29) is 18.6 Å². The molecule has 0 aromatic heterocycles. The Balaban J connectivity index is 5.34. The van der Waals surface area contributed by atoms with Gasteiger partial charge in [0.1, 0.15) is 18.1 Å². The van der Waals surface area contributed by atoms with Gasteiger partial charge in [0.05, 0.1) is 19.1 Å². The van der Waals surface area contributed by atoms with Crippen LogP contribution in [0.2, 0.25) is 0 Å². The van der Waals surface area contributed by atoms with Crippen LogP contribution in [0, 0.1) is 0 Å². The average Bonchev–Trinajstić information content (AvgIpc) is 2.66. The number of hydrogen-bond donors (Lipinski definition) is 9. The Bertz CT molecular complexity index is 675. The van der Waals surface area contributed by atoms with Gasteiger partial charge in [-0.2, -0.15) is 12.6 Å². The summed E-state index contributed by atoms with van der Waals surface area (Å²) in [5.41, 5.74) is 10.5. The number of aliphatic hydroxyl groups excluding tert-OH is 1. The first kappa shape index (κ1) is 27.1. The maximum atomic E-state index is 12.4. The largest absolute Gasteiger partial charge is 0.481 e. The second-order valence-corrected chi connectivity index (χ2v) is 6.46. The summed E-state index contributed by atoms with van der Waals surface area (Å²) in [5.74, 6) is -6.94. The fourth-order valence-corrected chi connectivity index (χ4v) is 2.20. The lowest BCUT2D eigenvalue weighted by atomic mass is 10.1. The first-order chi connectivity index (χ1) is 13.9. The Hall–Kier alpha value is -2.91. The normalized spacial score (nSPS) is 14.5. The molecule has 15 heteroatoms. The van der Waals surface area contributed by atoms with E-state index in [4.69, 9.17) is 21.7 Å². The highest BCUT2D eigenvalue weighted by Gasteiger charge is 2.31. The van der Waals surface area contributed by atoms with Gasteiger partial charge in [0.2, 0.25) is 23.6 Å². The summed E-state index contributed by atoms with van der Waals surface area (Å²) in [5, 5.41) is 33.3. The molecule has 0 saturated heterocycles. The Labute approximate surface area is 176 Å².